The molecule has 8 heteroatoms. The quantitative estimate of drug-likeness (QED) is 0.503. The van der Waals surface area contributed by atoms with Gasteiger partial charge in [-0.05, 0) is 29.7 Å². The van der Waals surface area contributed by atoms with E-state index in [2.05, 4.69) is 0 Å². The minimum atomic E-state index is -4.50. The number of phenols is 1. The number of esters is 1. The normalized spacial score (nSPS) is 11.6. The number of alkyl halides is 3. The van der Waals surface area contributed by atoms with Gasteiger partial charge in [-0.25, -0.2) is 4.79 Å². The lowest BCUT2D eigenvalue weighted by Gasteiger charge is -2.10. The number of halogens is 3. The third-order valence-corrected chi connectivity index (χ3v) is 4.40. The van der Waals surface area contributed by atoms with Crippen LogP contribution in [-0.2, 0) is 35.2 Å². The maximum absolute atomic E-state index is 12.8. The highest BCUT2D eigenvalue weighted by Gasteiger charge is 2.30. The number of benzene rings is 2. The van der Waals surface area contributed by atoms with Crippen LogP contribution in [-0.4, -0.2) is 11.1 Å². The lowest BCUT2D eigenvalue weighted by molar-refractivity contribution is -0.144. The number of carbonyl (C=O) groups excluding carboxylic acids is 1. The zero-order valence-electron chi connectivity index (χ0n) is 15.4. The molecule has 0 unspecified atom stereocenters. The fourth-order valence-corrected chi connectivity index (χ4v) is 2.94. The summed E-state index contributed by atoms with van der Waals surface area (Å²) >= 11 is 0. The highest BCUT2D eigenvalue weighted by molar-refractivity contribution is 5.83. The number of aromatic hydroxyl groups is 1. The highest BCUT2D eigenvalue weighted by atomic mass is 19.4. The Hall–Kier alpha value is -3.29. The van der Waals surface area contributed by atoms with Gasteiger partial charge in [-0.1, -0.05) is 25.1 Å². The molecule has 0 aliphatic carbocycles. The van der Waals surface area contributed by atoms with Gasteiger partial charge >= 0.3 is 17.8 Å². The van der Waals surface area contributed by atoms with Crippen LogP contribution in [0, 0.1) is 0 Å². The van der Waals surface area contributed by atoms with Gasteiger partial charge in [-0.2, -0.15) is 13.2 Å². The zero-order valence-corrected chi connectivity index (χ0v) is 15.4. The Morgan fingerprint density at radius 1 is 1.14 bits per heavy atom. The summed E-state index contributed by atoms with van der Waals surface area (Å²) < 4.78 is 48.6. The minimum absolute atomic E-state index is 0.0122. The Balaban J connectivity index is 1.78. The second kappa shape index (κ2) is 7.98. The van der Waals surface area contributed by atoms with Crippen LogP contribution in [0.25, 0.3) is 11.0 Å². The molecule has 152 valence electrons. The SMILES string of the molecule is CCc1cc2c(COC(=O)Cc3cccc(C(F)(F)F)c3)cc(=O)oc2cc1O. The Bertz CT molecular complexity index is 1120. The van der Waals surface area contributed by atoms with Gasteiger partial charge < -0.3 is 14.3 Å². The van der Waals surface area contributed by atoms with E-state index in [4.69, 9.17) is 9.15 Å². The number of hydrogen-bond donors (Lipinski definition) is 1. The molecule has 0 fully saturated rings. The first-order valence-corrected chi connectivity index (χ1v) is 8.77. The van der Waals surface area contributed by atoms with Crippen LogP contribution in [0.2, 0.25) is 0 Å². The number of hydrogen-bond acceptors (Lipinski definition) is 5. The summed E-state index contributed by atoms with van der Waals surface area (Å²) in [7, 11) is 0. The molecular formula is C21H17F3O5. The maximum Gasteiger partial charge on any atom is 0.416 e. The van der Waals surface area contributed by atoms with Crippen LogP contribution >= 0.6 is 0 Å². The van der Waals surface area contributed by atoms with Crippen molar-refractivity contribution in [1.29, 1.82) is 0 Å². The fourth-order valence-electron chi connectivity index (χ4n) is 2.94. The molecule has 0 saturated heterocycles. The Kier molecular flexibility index (Phi) is 5.63. The summed E-state index contributed by atoms with van der Waals surface area (Å²) in [5.41, 5.74) is -0.200. The van der Waals surface area contributed by atoms with Crippen LogP contribution in [0.4, 0.5) is 13.2 Å². The van der Waals surface area contributed by atoms with Crippen LogP contribution in [0.3, 0.4) is 0 Å². The molecule has 0 bridgehead atoms. The van der Waals surface area contributed by atoms with Crippen LogP contribution in [0.15, 0.2) is 51.7 Å². The third-order valence-electron chi connectivity index (χ3n) is 4.40. The van der Waals surface area contributed by atoms with Crippen molar-refractivity contribution in [3.63, 3.8) is 0 Å². The first-order valence-electron chi connectivity index (χ1n) is 8.77. The summed E-state index contributed by atoms with van der Waals surface area (Å²) in [5.74, 6) is -0.748. The van der Waals surface area contributed by atoms with Crippen molar-refractivity contribution >= 4 is 16.9 Å². The molecule has 1 aromatic heterocycles. The molecule has 5 nitrogen and oxygen atoms in total. The van der Waals surface area contributed by atoms with Gasteiger partial charge in [0.2, 0.25) is 0 Å². The molecule has 1 heterocycles. The number of ether oxygens (including phenoxy) is 1. The van der Waals surface area contributed by atoms with E-state index in [1.807, 2.05) is 6.92 Å². The maximum atomic E-state index is 12.8. The molecule has 0 spiro atoms. The third kappa shape index (κ3) is 4.77. The second-order valence-electron chi connectivity index (χ2n) is 6.46. The van der Waals surface area contributed by atoms with Gasteiger partial charge in [0.1, 0.15) is 17.9 Å². The van der Waals surface area contributed by atoms with E-state index in [1.165, 1.54) is 24.3 Å². The molecule has 0 atom stereocenters. The smallest absolute Gasteiger partial charge is 0.416 e. The topological polar surface area (TPSA) is 76.7 Å². The molecule has 2 aromatic carbocycles. The number of fused-ring (bicyclic) bond motifs is 1. The van der Waals surface area contributed by atoms with E-state index in [1.54, 1.807) is 6.07 Å². The summed E-state index contributed by atoms with van der Waals surface area (Å²) in [6.45, 7) is 1.59. The molecule has 0 radical (unpaired) electrons. The largest absolute Gasteiger partial charge is 0.508 e. The van der Waals surface area contributed by atoms with Crippen molar-refractivity contribution in [3.05, 3.63) is 75.1 Å². The van der Waals surface area contributed by atoms with Gasteiger partial charge in [-0.3, -0.25) is 4.79 Å². The van der Waals surface area contributed by atoms with Crippen LogP contribution < -0.4 is 5.63 Å². The van der Waals surface area contributed by atoms with E-state index in [0.29, 0.717) is 22.9 Å². The molecule has 3 rings (SSSR count). The zero-order chi connectivity index (χ0) is 21.2. The van der Waals surface area contributed by atoms with E-state index in [-0.39, 0.29) is 29.9 Å². The van der Waals surface area contributed by atoms with Crippen molar-refractivity contribution in [2.45, 2.75) is 32.5 Å². The van der Waals surface area contributed by atoms with E-state index < -0.39 is 23.3 Å². The lowest BCUT2D eigenvalue weighted by Crippen LogP contribution is -2.11. The number of rotatable bonds is 5. The van der Waals surface area contributed by atoms with Crippen LogP contribution in [0.1, 0.15) is 29.2 Å². The molecule has 0 amide bonds. The van der Waals surface area contributed by atoms with Gasteiger partial charge in [0, 0.05) is 23.1 Å². The average molecular weight is 406 g/mol. The number of phenolic OH excluding ortho intramolecular Hbond substituents is 1. The molecule has 0 aliphatic heterocycles. The fraction of sp³-hybridized carbons (Fsp3) is 0.238. The average Bonchev–Trinajstić information content (AvgIpc) is 2.65. The first-order chi connectivity index (χ1) is 13.7. The van der Waals surface area contributed by atoms with Crippen molar-refractivity contribution in [2.24, 2.45) is 0 Å². The summed E-state index contributed by atoms with van der Waals surface area (Å²) in [4.78, 5) is 23.8. The van der Waals surface area contributed by atoms with Gasteiger partial charge in [0.25, 0.3) is 0 Å². The van der Waals surface area contributed by atoms with Crippen molar-refractivity contribution in [1.82, 2.24) is 0 Å². The Morgan fingerprint density at radius 2 is 1.90 bits per heavy atom. The van der Waals surface area contributed by atoms with E-state index in [0.717, 1.165) is 12.1 Å². The molecule has 0 saturated carbocycles. The standard InChI is InChI=1S/C21H17F3O5/c1-2-13-8-16-14(9-20(27)29-18(16)10-17(13)25)11-28-19(26)7-12-4-3-5-15(6-12)21(22,23)24/h3-6,8-10,25H,2,7,11H2,1H3. The lowest BCUT2D eigenvalue weighted by atomic mass is 10.0. The molecular weight excluding hydrogens is 389 g/mol. The van der Waals surface area contributed by atoms with Gasteiger partial charge in [0.15, 0.2) is 0 Å². The molecule has 29 heavy (non-hydrogen) atoms. The van der Waals surface area contributed by atoms with E-state index in [9.17, 15) is 27.9 Å². The summed E-state index contributed by atoms with van der Waals surface area (Å²) in [6.07, 6.45) is -4.31. The predicted octanol–water partition coefficient (Wildman–Crippen LogP) is 4.37. The van der Waals surface area contributed by atoms with E-state index >= 15 is 0 Å². The highest BCUT2D eigenvalue weighted by Crippen LogP contribution is 2.30. The summed E-state index contributed by atoms with van der Waals surface area (Å²) in [6, 6.07) is 8.58. The molecule has 0 aliphatic rings. The van der Waals surface area contributed by atoms with Crippen molar-refractivity contribution in [3.8, 4) is 5.75 Å². The number of carbonyl (C=O) groups is 1. The molecule has 3 aromatic rings. The first kappa shape index (κ1) is 20.4. The van der Waals surface area contributed by atoms with Crippen LogP contribution in [0.5, 0.6) is 5.75 Å². The Labute approximate surface area is 163 Å². The molecule has 1 N–H and O–H groups in total. The second-order valence-corrected chi connectivity index (χ2v) is 6.46. The number of aryl methyl sites for hydroxylation is 1. The minimum Gasteiger partial charge on any atom is -0.508 e. The van der Waals surface area contributed by atoms with Gasteiger partial charge in [-0.15, -0.1) is 0 Å². The predicted molar refractivity (Wildman–Crippen MR) is 98.5 cm³/mol. The Morgan fingerprint density at radius 3 is 2.59 bits per heavy atom. The van der Waals surface area contributed by atoms with Gasteiger partial charge in [0.05, 0.1) is 12.0 Å². The monoisotopic (exact) mass is 406 g/mol. The van der Waals surface area contributed by atoms with Crippen molar-refractivity contribution < 1.29 is 32.2 Å². The van der Waals surface area contributed by atoms with Crippen molar-refractivity contribution in [2.75, 3.05) is 0 Å². The summed E-state index contributed by atoms with van der Waals surface area (Å²) in [5, 5.41) is 10.4.